The summed E-state index contributed by atoms with van der Waals surface area (Å²) in [5, 5.41) is 3.47. The van der Waals surface area contributed by atoms with Gasteiger partial charge in [-0.15, -0.1) is 0 Å². The van der Waals surface area contributed by atoms with Gasteiger partial charge in [0.25, 0.3) is 0 Å². The van der Waals surface area contributed by atoms with Gasteiger partial charge in [0.1, 0.15) is 5.82 Å². The molecule has 3 heteroatoms. The number of benzene rings is 1. The third kappa shape index (κ3) is 3.21. The Kier molecular flexibility index (Phi) is 4.08. The molecule has 3 atom stereocenters. The van der Waals surface area contributed by atoms with Crippen LogP contribution in [-0.2, 0) is 0 Å². The first-order valence-corrected chi connectivity index (χ1v) is 7.07. The van der Waals surface area contributed by atoms with Crippen molar-refractivity contribution >= 4 is 21.6 Å². The van der Waals surface area contributed by atoms with Gasteiger partial charge in [-0.05, 0) is 65.2 Å². The van der Waals surface area contributed by atoms with Crippen molar-refractivity contribution in [1.29, 1.82) is 0 Å². The molecular formula is C14H19BrFN. The highest BCUT2D eigenvalue weighted by Gasteiger charge is 2.25. The van der Waals surface area contributed by atoms with Crippen LogP contribution < -0.4 is 5.32 Å². The Balaban J connectivity index is 2.07. The predicted octanol–water partition coefficient (Wildman–Crippen LogP) is 4.82. The third-order valence-corrected chi connectivity index (χ3v) is 4.39. The van der Waals surface area contributed by atoms with Crippen molar-refractivity contribution < 1.29 is 4.39 Å². The Morgan fingerprint density at radius 2 is 2.06 bits per heavy atom. The smallest absolute Gasteiger partial charge is 0.125 e. The van der Waals surface area contributed by atoms with Crippen LogP contribution in [0, 0.1) is 17.7 Å². The van der Waals surface area contributed by atoms with E-state index in [-0.39, 0.29) is 5.82 Å². The van der Waals surface area contributed by atoms with Crippen LogP contribution in [0.4, 0.5) is 10.1 Å². The first-order chi connectivity index (χ1) is 8.06. The average molecular weight is 300 g/mol. The number of rotatable bonds is 2. The molecule has 0 spiro atoms. The lowest BCUT2D eigenvalue weighted by Gasteiger charge is -2.34. The van der Waals surface area contributed by atoms with Crippen molar-refractivity contribution in [2.45, 2.75) is 39.2 Å². The van der Waals surface area contributed by atoms with Crippen molar-refractivity contribution in [3.05, 3.63) is 28.5 Å². The van der Waals surface area contributed by atoms with Gasteiger partial charge in [0.05, 0.1) is 5.69 Å². The van der Waals surface area contributed by atoms with E-state index in [4.69, 9.17) is 0 Å². The Bertz CT molecular complexity index is 394. The second-order valence-corrected chi connectivity index (χ2v) is 6.12. The summed E-state index contributed by atoms with van der Waals surface area (Å²) >= 11 is 3.46. The number of hydrogen-bond donors (Lipinski definition) is 1. The summed E-state index contributed by atoms with van der Waals surface area (Å²) in [4.78, 5) is 0. The molecule has 1 N–H and O–H groups in total. The van der Waals surface area contributed by atoms with Crippen LogP contribution in [0.3, 0.4) is 0 Å². The van der Waals surface area contributed by atoms with Gasteiger partial charge in [-0.2, -0.15) is 0 Å². The van der Waals surface area contributed by atoms with Gasteiger partial charge in [0.2, 0.25) is 0 Å². The van der Waals surface area contributed by atoms with Gasteiger partial charge < -0.3 is 5.32 Å². The molecule has 0 heterocycles. The van der Waals surface area contributed by atoms with Crippen LogP contribution in [0.1, 0.15) is 33.1 Å². The van der Waals surface area contributed by atoms with Crippen LogP contribution in [0.15, 0.2) is 22.7 Å². The Labute approximate surface area is 111 Å². The molecular weight excluding hydrogens is 281 g/mol. The average Bonchev–Trinajstić information content (AvgIpc) is 2.27. The molecule has 1 aliphatic rings. The molecule has 0 saturated heterocycles. The summed E-state index contributed by atoms with van der Waals surface area (Å²) in [7, 11) is 0. The van der Waals surface area contributed by atoms with Gasteiger partial charge in [0, 0.05) is 10.5 Å². The zero-order valence-electron chi connectivity index (χ0n) is 10.3. The van der Waals surface area contributed by atoms with Crippen molar-refractivity contribution in [1.82, 2.24) is 0 Å². The van der Waals surface area contributed by atoms with E-state index in [1.54, 1.807) is 12.1 Å². The number of anilines is 1. The van der Waals surface area contributed by atoms with Gasteiger partial charge in [0.15, 0.2) is 0 Å². The highest BCUT2D eigenvalue weighted by atomic mass is 79.9. The minimum atomic E-state index is -0.187. The fraction of sp³-hybridized carbons (Fsp3) is 0.571. The second kappa shape index (κ2) is 5.38. The number of halogens is 2. The first kappa shape index (κ1) is 12.9. The van der Waals surface area contributed by atoms with Crippen LogP contribution in [0.2, 0.25) is 0 Å². The quantitative estimate of drug-likeness (QED) is 0.825. The first-order valence-electron chi connectivity index (χ1n) is 6.28. The SMILES string of the molecule is CC1CCC(Nc2cc(F)ccc2Br)C(C)C1. The van der Waals surface area contributed by atoms with Crippen molar-refractivity contribution in [2.24, 2.45) is 11.8 Å². The largest absolute Gasteiger partial charge is 0.381 e. The standard InChI is InChI=1S/C14H19BrFN/c1-9-3-6-13(10(2)7-9)17-14-8-11(16)4-5-12(14)15/h4-5,8-10,13,17H,3,6-7H2,1-2H3. The van der Waals surface area contributed by atoms with E-state index in [9.17, 15) is 4.39 Å². The van der Waals surface area contributed by atoms with E-state index in [1.807, 2.05) is 0 Å². The maximum atomic E-state index is 13.2. The van der Waals surface area contributed by atoms with Crippen LogP contribution in [0.5, 0.6) is 0 Å². The predicted molar refractivity (Wildman–Crippen MR) is 73.7 cm³/mol. The number of nitrogens with one attached hydrogen (secondary N) is 1. The lowest BCUT2D eigenvalue weighted by molar-refractivity contribution is 0.276. The van der Waals surface area contributed by atoms with E-state index in [0.29, 0.717) is 12.0 Å². The van der Waals surface area contributed by atoms with Gasteiger partial charge in [-0.25, -0.2) is 4.39 Å². The van der Waals surface area contributed by atoms with Crippen molar-refractivity contribution in [3.8, 4) is 0 Å². The van der Waals surface area contributed by atoms with Crippen molar-refractivity contribution in [3.63, 3.8) is 0 Å². The molecule has 0 amide bonds. The maximum absolute atomic E-state index is 13.2. The van der Waals surface area contributed by atoms with Crippen LogP contribution in [-0.4, -0.2) is 6.04 Å². The van der Waals surface area contributed by atoms with Crippen LogP contribution in [0.25, 0.3) is 0 Å². The molecule has 3 unspecified atom stereocenters. The number of hydrogen-bond acceptors (Lipinski definition) is 1. The summed E-state index contributed by atoms with van der Waals surface area (Å²) < 4.78 is 14.1. The summed E-state index contributed by atoms with van der Waals surface area (Å²) in [6, 6.07) is 5.26. The Morgan fingerprint density at radius 3 is 2.76 bits per heavy atom. The van der Waals surface area contributed by atoms with E-state index in [1.165, 1.54) is 25.3 Å². The van der Waals surface area contributed by atoms with E-state index in [2.05, 4.69) is 35.1 Å². The molecule has 2 rings (SSSR count). The monoisotopic (exact) mass is 299 g/mol. The second-order valence-electron chi connectivity index (χ2n) is 5.27. The molecule has 0 aliphatic heterocycles. The molecule has 94 valence electrons. The summed E-state index contributed by atoms with van der Waals surface area (Å²) in [6.07, 6.45) is 3.69. The molecule has 1 fully saturated rings. The lowest BCUT2D eigenvalue weighted by atomic mass is 9.80. The molecule has 1 saturated carbocycles. The molecule has 1 aromatic rings. The molecule has 0 bridgehead atoms. The summed E-state index contributed by atoms with van der Waals surface area (Å²) in [6.45, 7) is 4.59. The minimum absolute atomic E-state index is 0.187. The zero-order valence-corrected chi connectivity index (χ0v) is 11.9. The topological polar surface area (TPSA) is 12.0 Å². The zero-order chi connectivity index (χ0) is 12.4. The Hall–Kier alpha value is -0.570. The minimum Gasteiger partial charge on any atom is -0.381 e. The van der Waals surface area contributed by atoms with E-state index >= 15 is 0 Å². The van der Waals surface area contributed by atoms with Crippen molar-refractivity contribution in [2.75, 3.05) is 5.32 Å². The highest BCUT2D eigenvalue weighted by molar-refractivity contribution is 9.10. The van der Waals surface area contributed by atoms with E-state index < -0.39 is 0 Å². The summed E-state index contributed by atoms with van der Waals surface area (Å²) in [5.41, 5.74) is 0.872. The van der Waals surface area contributed by atoms with Gasteiger partial charge in [-0.1, -0.05) is 13.8 Å². The molecule has 1 nitrogen and oxygen atoms in total. The maximum Gasteiger partial charge on any atom is 0.125 e. The fourth-order valence-electron chi connectivity index (χ4n) is 2.69. The normalized spacial score (nSPS) is 29.1. The van der Waals surface area contributed by atoms with Gasteiger partial charge in [-0.3, -0.25) is 0 Å². The van der Waals surface area contributed by atoms with E-state index in [0.717, 1.165) is 16.1 Å². The molecule has 17 heavy (non-hydrogen) atoms. The summed E-state index contributed by atoms with van der Waals surface area (Å²) in [5.74, 6) is 1.28. The lowest BCUT2D eigenvalue weighted by Crippen LogP contribution is -2.33. The van der Waals surface area contributed by atoms with Crippen LogP contribution >= 0.6 is 15.9 Å². The third-order valence-electron chi connectivity index (χ3n) is 3.70. The van der Waals surface area contributed by atoms with Gasteiger partial charge >= 0.3 is 0 Å². The molecule has 1 aromatic carbocycles. The fourth-order valence-corrected chi connectivity index (χ4v) is 3.05. The highest BCUT2D eigenvalue weighted by Crippen LogP contribution is 2.32. The molecule has 0 aromatic heterocycles. The molecule has 1 aliphatic carbocycles. The Morgan fingerprint density at radius 1 is 1.29 bits per heavy atom. The molecule has 0 radical (unpaired) electrons.